The van der Waals surface area contributed by atoms with Gasteiger partial charge in [0.1, 0.15) is 4.21 Å². The molecule has 0 atom stereocenters. The second kappa shape index (κ2) is 6.32. The Balaban J connectivity index is 2.01. The Labute approximate surface area is 136 Å². The smallest absolute Gasteiger partial charge is 0.272 e. The zero-order chi connectivity index (χ0) is 17.3. The van der Waals surface area contributed by atoms with Crippen LogP contribution in [0.5, 0.6) is 0 Å². The van der Waals surface area contributed by atoms with Gasteiger partial charge in [-0.1, -0.05) is 0 Å². The van der Waals surface area contributed by atoms with E-state index in [4.69, 9.17) is 0 Å². The molecule has 0 saturated heterocycles. The topological polar surface area (TPSA) is 76.1 Å². The van der Waals surface area contributed by atoms with Gasteiger partial charge < -0.3 is 5.32 Å². The van der Waals surface area contributed by atoms with E-state index in [2.05, 4.69) is 10.3 Å². The number of nitrogens with zero attached hydrogens (tertiary/aromatic N) is 1. The summed E-state index contributed by atoms with van der Waals surface area (Å²) in [6.07, 6.45) is 2.13. The first kappa shape index (κ1) is 17.5. The molecule has 0 fully saturated rings. The molecule has 0 aliphatic carbocycles. The third kappa shape index (κ3) is 4.55. The maximum Gasteiger partial charge on any atom is 0.272 e. The summed E-state index contributed by atoms with van der Waals surface area (Å²) in [5.41, 5.74) is 0.217. The highest BCUT2D eigenvalue weighted by Gasteiger charge is 2.24. The molecule has 9 heteroatoms. The van der Waals surface area contributed by atoms with Crippen molar-refractivity contribution < 1.29 is 22.0 Å². The molecule has 1 amide bonds. The number of pyridine rings is 1. The van der Waals surface area contributed by atoms with Gasteiger partial charge >= 0.3 is 0 Å². The number of nitrogens with one attached hydrogen (secondary N) is 1. The molecule has 5 nitrogen and oxygen atoms in total. The Morgan fingerprint density at radius 3 is 2.48 bits per heavy atom. The summed E-state index contributed by atoms with van der Waals surface area (Å²) >= 11 is 0.869. The van der Waals surface area contributed by atoms with Crippen LogP contribution in [0.1, 0.15) is 27.9 Å². The highest BCUT2D eigenvalue weighted by Crippen LogP contribution is 2.26. The van der Waals surface area contributed by atoms with Crippen molar-refractivity contribution in [3.05, 3.63) is 46.6 Å². The second-order valence-electron chi connectivity index (χ2n) is 5.00. The minimum absolute atomic E-state index is 0.0561. The van der Waals surface area contributed by atoms with Crippen molar-refractivity contribution in [2.45, 2.75) is 23.6 Å². The van der Waals surface area contributed by atoms with Crippen LogP contribution in [-0.4, -0.2) is 25.6 Å². The average molecular weight is 360 g/mol. The summed E-state index contributed by atoms with van der Waals surface area (Å²) in [5, 5.41) is 2.56. The number of alkyl halides is 2. The predicted molar refractivity (Wildman–Crippen MR) is 82.4 cm³/mol. The van der Waals surface area contributed by atoms with Gasteiger partial charge in [0.05, 0.1) is 17.1 Å². The van der Waals surface area contributed by atoms with Gasteiger partial charge in [0.25, 0.3) is 11.8 Å². The lowest BCUT2D eigenvalue weighted by Crippen LogP contribution is -2.22. The molecule has 0 aliphatic heterocycles. The van der Waals surface area contributed by atoms with Crippen molar-refractivity contribution in [1.82, 2.24) is 10.3 Å². The van der Waals surface area contributed by atoms with E-state index in [9.17, 15) is 22.0 Å². The molecule has 0 bridgehead atoms. The summed E-state index contributed by atoms with van der Waals surface area (Å²) in [6.45, 7) is 0.835. The summed E-state index contributed by atoms with van der Waals surface area (Å²) < 4.78 is 49.0. The van der Waals surface area contributed by atoms with Crippen LogP contribution in [0.25, 0.3) is 0 Å². The highest BCUT2D eigenvalue weighted by molar-refractivity contribution is 7.92. The first-order valence-electron chi connectivity index (χ1n) is 6.48. The standard InChI is InChI=1S/C14H14F2N2O3S2/c1-14(15,16)9-3-4-10(17-7-9)8-18-13(19)11-5-6-12(22-11)23(2,20)21/h3-7H,8H2,1-2H3,(H,18,19). The average Bonchev–Trinajstić information content (AvgIpc) is 2.94. The molecule has 2 rings (SSSR count). The molecule has 0 aliphatic rings. The minimum atomic E-state index is -3.35. The van der Waals surface area contributed by atoms with Gasteiger partial charge in [-0.25, -0.2) is 17.2 Å². The molecule has 0 radical (unpaired) electrons. The van der Waals surface area contributed by atoms with Gasteiger partial charge in [-0.15, -0.1) is 11.3 Å². The predicted octanol–water partition coefficient (Wildman–Crippen LogP) is 2.59. The third-order valence-electron chi connectivity index (χ3n) is 2.93. The van der Waals surface area contributed by atoms with Crippen LogP contribution in [0.15, 0.2) is 34.7 Å². The lowest BCUT2D eigenvalue weighted by atomic mass is 10.1. The third-order valence-corrected chi connectivity index (χ3v) is 5.84. The van der Waals surface area contributed by atoms with Crippen molar-refractivity contribution >= 4 is 27.1 Å². The van der Waals surface area contributed by atoms with Gasteiger partial charge in [0.2, 0.25) is 0 Å². The summed E-state index contributed by atoms with van der Waals surface area (Å²) in [6, 6.07) is 5.45. The normalized spacial score (nSPS) is 12.2. The van der Waals surface area contributed by atoms with Crippen LogP contribution in [0, 0.1) is 0 Å². The second-order valence-corrected chi connectivity index (χ2v) is 8.33. The number of rotatable bonds is 5. The highest BCUT2D eigenvalue weighted by atomic mass is 32.2. The van der Waals surface area contributed by atoms with E-state index in [1.165, 1.54) is 24.3 Å². The molecule has 2 heterocycles. The fourth-order valence-electron chi connectivity index (χ4n) is 1.69. The van der Waals surface area contributed by atoms with Crippen LogP contribution >= 0.6 is 11.3 Å². The van der Waals surface area contributed by atoms with Gasteiger partial charge in [0.15, 0.2) is 9.84 Å². The number of halogens is 2. The van der Waals surface area contributed by atoms with Crippen molar-refractivity contribution in [2.24, 2.45) is 0 Å². The number of thiophene rings is 1. The number of hydrogen-bond donors (Lipinski definition) is 1. The number of hydrogen-bond acceptors (Lipinski definition) is 5. The molecule has 2 aromatic rings. The zero-order valence-corrected chi connectivity index (χ0v) is 14.0. The molecule has 0 saturated carbocycles. The fraction of sp³-hybridized carbons (Fsp3) is 0.286. The Hall–Kier alpha value is -1.87. The van der Waals surface area contributed by atoms with Crippen LogP contribution in [0.4, 0.5) is 8.78 Å². The van der Waals surface area contributed by atoms with E-state index in [1.54, 1.807) is 0 Å². The van der Waals surface area contributed by atoms with Crippen molar-refractivity contribution in [1.29, 1.82) is 0 Å². The molecule has 0 unspecified atom stereocenters. The van der Waals surface area contributed by atoms with E-state index >= 15 is 0 Å². The molecular formula is C14H14F2N2O3S2. The van der Waals surface area contributed by atoms with E-state index in [-0.39, 0.29) is 21.2 Å². The number of amides is 1. The summed E-state index contributed by atoms with van der Waals surface area (Å²) in [4.78, 5) is 16.1. The van der Waals surface area contributed by atoms with Crippen LogP contribution in [-0.2, 0) is 22.3 Å². The van der Waals surface area contributed by atoms with E-state index in [0.29, 0.717) is 5.69 Å². The van der Waals surface area contributed by atoms with Gasteiger partial charge in [-0.05, 0) is 24.3 Å². The fourth-order valence-corrected chi connectivity index (χ4v) is 3.53. The molecule has 1 N–H and O–H groups in total. The number of carbonyl (C=O) groups is 1. The van der Waals surface area contributed by atoms with Crippen LogP contribution in [0.3, 0.4) is 0 Å². The van der Waals surface area contributed by atoms with Gasteiger partial charge in [-0.3, -0.25) is 9.78 Å². The quantitative estimate of drug-likeness (QED) is 0.889. The Morgan fingerprint density at radius 2 is 2.00 bits per heavy atom. The number of sulfone groups is 1. The lowest BCUT2D eigenvalue weighted by molar-refractivity contribution is 0.0171. The molecule has 0 aromatic carbocycles. The largest absolute Gasteiger partial charge is 0.346 e. The van der Waals surface area contributed by atoms with E-state index in [1.807, 2.05) is 0 Å². The Kier molecular flexibility index (Phi) is 4.81. The van der Waals surface area contributed by atoms with Crippen molar-refractivity contribution in [3.8, 4) is 0 Å². The molecule has 124 valence electrons. The van der Waals surface area contributed by atoms with Crippen molar-refractivity contribution in [3.63, 3.8) is 0 Å². The first-order valence-corrected chi connectivity index (χ1v) is 9.19. The monoisotopic (exact) mass is 360 g/mol. The van der Waals surface area contributed by atoms with Crippen LogP contribution < -0.4 is 5.32 Å². The lowest BCUT2D eigenvalue weighted by Gasteiger charge is -2.10. The molecule has 2 aromatic heterocycles. The first-order chi connectivity index (χ1) is 10.6. The SMILES string of the molecule is CC(F)(F)c1ccc(CNC(=O)c2ccc(S(C)(=O)=O)s2)nc1. The maximum absolute atomic E-state index is 13.1. The molecular weight excluding hydrogens is 346 g/mol. The molecule has 23 heavy (non-hydrogen) atoms. The summed E-state index contributed by atoms with van der Waals surface area (Å²) in [5.74, 6) is -3.41. The number of carbonyl (C=O) groups excluding carboxylic acids is 1. The maximum atomic E-state index is 13.1. The Morgan fingerprint density at radius 1 is 1.30 bits per heavy atom. The molecule has 0 spiro atoms. The number of aromatic nitrogens is 1. The van der Waals surface area contributed by atoms with E-state index < -0.39 is 21.7 Å². The minimum Gasteiger partial charge on any atom is -0.346 e. The van der Waals surface area contributed by atoms with Crippen LogP contribution in [0.2, 0.25) is 0 Å². The van der Waals surface area contributed by atoms with E-state index in [0.717, 1.165) is 30.7 Å². The van der Waals surface area contributed by atoms with Crippen molar-refractivity contribution in [2.75, 3.05) is 6.26 Å². The summed E-state index contributed by atoms with van der Waals surface area (Å²) in [7, 11) is -3.35. The Bertz CT molecular complexity index is 809. The van der Waals surface area contributed by atoms with Gasteiger partial charge in [0, 0.05) is 24.9 Å². The van der Waals surface area contributed by atoms with Gasteiger partial charge in [-0.2, -0.15) is 0 Å². The zero-order valence-electron chi connectivity index (χ0n) is 12.3.